The number of pyridine rings is 2. The van der Waals surface area contributed by atoms with Crippen molar-refractivity contribution in [3.05, 3.63) is 83.9 Å². The smallest absolute Gasteiger partial charge is 0.239 e. The van der Waals surface area contributed by atoms with Crippen LogP contribution in [-0.4, -0.2) is 35.0 Å². The summed E-state index contributed by atoms with van der Waals surface area (Å²) in [7, 11) is 3.15. The lowest BCUT2D eigenvalue weighted by Crippen LogP contribution is -2.37. The van der Waals surface area contributed by atoms with E-state index in [1.54, 1.807) is 57.2 Å². The first-order valence-corrected chi connectivity index (χ1v) is 9.15. The van der Waals surface area contributed by atoms with Crippen molar-refractivity contribution < 1.29 is 14.3 Å². The molecule has 0 spiro atoms. The molecule has 0 bridgehead atoms. The molecule has 0 saturated heterocycles. The van der Waals surface area contributed by atoms with Crippen LogP contribution in [0, 0.1) is 0 Å². The number of methoxy groups -OCH3 is 2. The van der Waals surface area contributed by atoms with Crippen LogP contribution < -0.4 is 15.2 Å². The van der Waals surface area contributed by atoms with Crippen molar-refractivity contribution in [1.82, 2.24) is 14.9 Å². The summed E-state index contributed by atoms with van der Waals surface area (Å²) in [5.74, 6) is 0.726. The fourth-order valence-corrected chi connectivity index (χ4v) is 3.27. The number of aromatic nitrogens is 2. The molecule has 0 aliphatic rings. The number of carbonyl (C=O) groups excluding carboxylic acids is 1. The van der Waals surface area contributed by atoms with Gasteiger partial charge in [-0.25, -0.2) is 0 Å². The van der Waals surface area contributed by atoms with Gasteiger partial charge >= 0.3 is 0 Å². The highest BCUT2D eigenvalue weighted by Crippen LogP contribution is 2.34. The van der Waals surface area contributed by atoms with Crippen molar-refractivity contribution in [2.45, 2.75) is 19.1 Å². The Morgan fingerprint density at radius 1 is 0.931 bits per heavy atom. The fourth-order valence-electron chi connectivity index (χ4n) is 3.27. The largest absolute Gasteiger partial charge is 0.497 e. The van der Waals surface area contributed by atoms with Crippen molar-refractivity contribution in [2.75, 3.05) is 14.2 Å². The van der Waals surface area contributed by atoms with Gasteiger partial charge in [-0.1, -0.05) is 0 Å². The van der Waals surface area contributed by atoms with Crippen LogP contribution in [0.25, 0.3) is 0 Å². The molecule has 2 heterocycles. The minimum Gasteiger partial charge on any atom is -0.497 e. The number of nitrogens with two attached hydrogens (primary N) is 1. The summed E-state index contributed by atoms with van der Waals surface area (Å²) in [5.41, 5.74) is 8.58. The van der Waals surface area contributed by atoms with Gasteiger partial charge in [0.2, 0.25) is 5.91 Å². The highest BCUT2D eigenvalue weighted by atomic mass is 16.5. The fraction of sp³-hybridized carbons (Fsp3) is 0.227. The van der Waals surface area contributed by atoms with Gasteiger partial charge in [0.1, 0.15) is 17.5 Å². The molecule has 0 aliphatic heterocycles. The number of rotatable bonds is 9. The van der Waals surface area contributed by atoms with Gasteiger partial charge in [-0.15, -0.1) is 0 Å². The second-order valence-corrected chi connectivity index (χ2v) is 6.53. The molecule has 7 nitrogen and oxygen atoms in total. The van der Waals surface area contributed by atoms with Crippen LogP contribution in [-0.2, 0) is 17.9 Å². The molecule has 3 aromatic rings. The third-order valence-electron chi connectivity index (χ3n) is 4.64. The van der Waals surface area contributed by atoms with Gasteiger partial charge in [0.25, 0.3) is 0 Å². The van der Waals surface area contributed by atoms with Crippen molar-refractivity contribution in [3.63, 3.8) is 0 Å². The highest BCUT2D eigenvalue weighted by molar-refractivity contribution is 5.82. The Labute approximate surface area is 170 Å². The lowest BCUT2D eigenvalue weighted by molar-refractivity contribution is -0.124. The Bertz CT molecular complexity index is 894. The zero-order valence-corrected chi connectivity index (χ0v) is 16.5. The summed E-state index contributed by atoms with van der Waals surface area (Å²) in [4.78, 5) is 22.8. The van der Waals surface area contributed by atoms with Crippen LogP contribution in [0.5, 0.6) is 11.5 Å². The average molecular weight is 392 g/mol. The molecule has 29 heavy (non-hydrogen) atoms. The zero-order chi connectivity index (χ0) is 20.6. The quantitative estimate of drug-likeness (QED) is 0.602. The van der Waals surface area contributed by atoms with Gasteiger partial charge in [0.15, 0.2) is 0 Å². The van der Waals surface area contributed by atoms with Crippen LogP contribution in [0.2, 0.25) is 0 Å². The SMILES string of the molecule is COc1ccc(OC)c(C(C(N)=O)N(Cc2ccncc2)Cc2ccncc2)c1. The number of hydrogen-bond donors (Lipinski definition) is 1. The number of hydrogen-bond acceptors (Lipinski definition) is 6. The van der Waals surface area contributed by atoms with Crippen molar-refractivity contribution in [2.24, 2.45) is 5.73 Å². The maximum Gasteiger partial charge on any atom is 0.239 e. The number of ether oxygens (including phenoxy) is 2. The first kappa shape index (κ1) is 20.3. The van der Waals surface area contributed by atoms with E-state index in [1.807, 2.05) is 29.2 Å². The van der Waals surface area contributed by atoms with Gasteiger partial charge in [-0.3, -0.25) is 19.7 Å². The topological polar surface area (TPSA) is 90.6 Å². The maximum absolute atomic E-state index is 12.6. The van der Waals surface area contributed by atoms with Gasteiger partial charge in [0.05, 0.1) is 14.2 Å². The molecule has 150 valence electrons. The van der Waals surface area contributed by atoms with E-state index in [2.05, 4.69) is 9.97 Å². The summed E-state index contributed by atoms with van der Waals surface area (Å²) in [6.07, 6.45) is 6.91. The maximum atomic E-state index is 12.6. The summed E-state index contributed by atoms with van der Waals surface area (Å²) in [6, 6.07) is 12.3. The van der Waals surface area contributed by atoms with Gasteiger partial charge in [-0.05, 0) is 53.6 Å². The predicted molar refractivity (Wildman–Crippen MR) is 109 cm³/mol. The van der Waals surface area contributed by atoms with Crippen molar-refractivity contribution >= 4 is 5.91 Å². The van der Waals surface area contributed by atoms with E-state index in [0.717, 1.165) is 11.1 Å². The lowest BCUT2D eigenvalue weighted by atomic mass is 10.0. The van der Waals surface area contributed by atoms with Crippen LogP contribution in [0.15, 0.2) is 67.3 Å². The standard InChI is InChI=1S/C22H24N4O3/c1-28-18-3-4-20(29-2)19(13-18)21(22(23)27)26(14-16-5-9-24-10-6-16)15-17-7-11-25-12-8-17/h3-13,21H,14-15H2,1-2H3,(H2,23,27). The van der Waals surface area contributed by atoms with Crippen molar-refractivity contribution in [1.29, 1.82) is 0 Å². The normalized spacial score (nSPS) is 11.8. The molecule has 1 amide bonds. The second kappa shape index (κ2) is 9.66. The Morgan fingerprint density at radius 2 is 1.48 bits per heavy atom. The third-order valence-corrected chi connectivity index (χ3v) is 4.64. The number of amides is 1. The highest BCUT2D eigenvalue weighted by Gasteiger charge is 2.29. The molecule has 0 radical (unpaired) electrons. The first-order valence-electron chi connectivity index (χ1n) is 9.15. The second-order valence-electron chi connectivity index (χ2n) is 6.53. The average Bonchev–Trinajstić information content (AvgIpc) is 2.75. The number of carbonyl (C=O) groups is 1. The molecule has 3 rings (SSSR count). The molecule has 0 fully saturated rings. The van der Waals surface area contributed by atoms with Gasteiger partial charge in [-0.2, -0.15) is 0 Å². The molecular formula is C22H24N4O3. The third kappa shape index (κ3) is 5.08. The summed E-state index contributed by atoms with van der Waals surface area (Å²) >= 11 is 0. The van der Waals surface area contributed by atoms with Gasteiger partial charge in [0, 0.05) is 43.4 Å². The van der Waals surface area contributed by atoms with E-state index in [4.69, 9.17) is 15.2 Å². The molecule has 1 aromatic carbocycles. The molecular weight excluding hydrogens is 368 g/mol. The first-order chi connectivity index (χ1) is 14.1. The van der Waals surface area contributed by atoms with Crippen molar-refractivity contribution in [3.8, 4) is 11.5 Å². The van der Waals surface area contributed by atoms with Crippen LogP contribution in [0.3, 0.4) is 0 Å². The van der Waals surface area contributed by atoms with E-state index in [-0.39, 0.29) is 0 Å². The van der Waals surface area contributed by atoms with Crippen LogP contribution >= 0.6 is 0 Å². The predicted octanol–water partition coefficient (Wildman–Crippen LogP) is 2.72. The Morgan fingerprint density at radius 3 is 1.93 bits per heavy atom. The minimum atomic E-state index is -0.721. The van der Waals surface area contributed by atoms with E-state index >= 15 is 0 Å². The monoisotopic (exact) mass is 392 g/mol. The molecule has 7 heteroatoms. The van der Waals surface area contributed by atoms with Gasteiger partial charge < -0.3 is 15.2 Å². The Balaban J connectivity index is 2.05. The number of nitrogens with zero attached hydrogens (tertiary/aromatic N) is 3. The molecule has 2 N–H and O–H groups in total. The van der Waals surface area contributed by atoms with E-state index in [0.29, 0.717) is 30.2 Å². The van der Waals surface area contributed by atoms with E-state index in [9.17, 15) is 4.79 Å². The van der Waals surface area contributed by atoms with E-state index < -0.39 is 11.9 Å². The lowest BCUT2D eigenvalue weighted by Gasteiger charge is -2.31. The van der Waals surface area contributed by atoms with E-state index in [1.165, 1.54) is 0 Å². The summed E-state index contributed by atoms with van der Waals surface area (Å²) in [5, 5.41) is 0. The Hall–Kier alpha value is -3.45. The minimum absolute atomic E-state index is 0.473. The number of primary amides is 1. The molecule has 2 aromatic heterocycles. The molecule has 0 aliphatic carbocycles. The number of benzene rings is 1. The summed E-state index contributed by atoms with van der Waals surface area (Å²) < 4.78 is 10.9. The summed E-state index contributed by atoms with van der Waals surface area (Å²) in [6.45, 7) is 0.998. The molecule has 1 atom stereocenters. The van der Waals surface area contributed by atoms with Crippen LogP contribution in [0.4, 0.5) is 0 Å². The zero-order valence-electron chi connectivity index (χ0n) is 16.5. The molecule has 0 saturated carbocycles. The van der Waals surface area contributed by atoms with Crippen LogP contribution in [0.1, 0.15) is 22.7 Å². The Kier molecular flexibility index (Phi) is 6.76. The molecule has 1 unspecified atom stereocenters.